The summed E-state index contributed by atoms with van der Waals surface area (Å²) in [5.74, 6) is -0.465. The molecule has 1 saturated heterocycles. The molecule has 5 rings (SSSR count). The molecule has 0 saturated carbocycles. The number of carbonyl (C=O) groups is 2. The summed E-state index contributed by atoms with van der Waals surface area (Å²) in [6.07, 6.45) is 5.51. The molecule has 3 aromatic rings. The number of benzene rings is 1. The number of fused-ring (bicyclic) bond motifs is 1. The van der Waals surface area contributed by atoms with Crippen LogP contribution >= 0.6 is 0 Å². The highest BCUT2D eigenvalue weighted by Gasteiger charge is 2.47. The van der Waals surface area contributed by atoms with Crippen molar-refractivity contribution >= 4 is 17.4 Å². The van der Waals surface area contributed by atoms with Crippen LogP contribution in [0.1, 0.15) is 35.4 Å². The van der Waals surface area contributed by atoms with Gasteiger partial charge in [-0.2, -0.15) is 0 Å². The van der Waals surface area contributed by atoms with Gasteiger partial charge in [0.25, 0.3) is 11.7 Å². The van der Waals surface area contributed by atoms with Crippen LogP contribution in [0.15, 0.2) is 71.1 Å². The minimum absolute atomic E-state index is 0.0147. The first-order chi connectivity index (χ1) is 15.0. The lowest BCUT2D eigenvalue weighted by atomic mass is 9.97. The summed E-state index contributed by atoms with van der Waals surface area (Å²) < 4.78 is 11.3. The normalized spacial score (nSPS) is 21.9. The Morgan fingerprint density at radius 3 is 2.74 bits per heavy atom. The van der Waals surface area contributed by atoms with Crippen LogP contribution in [0.5, 0.6) is 5.75 Å². The third-order valence-electron chi connectivity index (χ3n) is 5.62. The van der Waals surface area contributed by atoms with Gasteiger partial charge in [-0.1, -0.05) is 0 Å². The second-order valence-electron chi connectivity index (χ2n) is 7.75. The first kappa shape index (κ1) is 19.1. The summed E-state index contributed by atoms with van der Waals surface area (Å²) in [4.78, 5) is 31.4. The van der Waals surface area contributed by atoms with Gasteiger partial charge in [0, 0.05) is 30.9 Å². The van der Waals surface area contributed by atoms with E-state index in [4.69, 9.17) is 9.15 Å². The zero-order chi connectivity index (χ0) is 21.5. The summed E-state index contributed by atoms with van der Waals surface area (Å²) in [5.41, 5.74) is 2.25. The van der Waals surface area contributed by atoms with E-state index in [0.29, 0.717) is 17.7 Å². The Morgan fingerprint density at radius 1 is 1.19 bits per heavy atom. The molecule has 0 bridgehead atoms. The highest BCUT2D eigenvalue weighted by Crippen LogP contribution is 2.41. The van der Waals surface area contributed by atoms with Crippen molar-refractivity contribution in [2.45, 2.75) is 32.0 Å². The lowest BCUT2D eigenvalue weighted by molar-refractivity contribution is -0.140. The van der Waals surface area contributed by atoms with Gasteiger partial charge in [-0.05, 0) is 60.5 Å². The van der Waals surface area contributed by atoms with Crippen molar-refractivity contribution in [3.8, 4) is 5.75 Å². The van der Waals surface area contributed by atoms with Gasteiger partial charge in [0.05, 0.1) is 11.8 Å². The minimum atomic E-state index is -0.827. The molecule has 7 heteroatoms. The highest BCUT2D eigenvalue weighted by atomic mass is 16.5. The lowest BCUT2D eigenvalue weighted by Gasteiger charge is -2.23. The molecule has 4 heterocycles. The Balaban J connectivity index is 1.60. The van der Waals surface area contributed by atoms with E-state index >= 15 is 0 Å². The zero-order valence-electron chi connectivity index (χ0n) is 16.8. The summed E-state index contributed by atoms with van der Waals surface area (Å²) in [6.45, 7) is 2.16. The second-order valence-corrected chi connectivity index (χ2v) is 7.75. The Kier molecular flexibility index (Phi) is 4.58. The standard InChI is InChI=1S/C24H20N2O5/c1-14-11-17-12-16(4-5-18(17)31-14)22(27)20-21(19-3-2-10-30-19)26(24(29)23(20)28)13-15-6-8-25-9-7-15/h2-10,12,14,21,27H,11,13H2,1H3/b22-20-. The van der Waals surface area contributed by atoms with Crippen molar-refractivity contribution in [1.82, 2.24) is 9.88 Å². The smallest absolute Gasteiger partial charge is 0.296 e. The number of aliphatic hydroxyl groups excluding tert-OH is 1. The van der Waals surface area contributed by atoms with Crippen molar-refractivity contribution in [3.63, 3.8) is 0 Å². The number of Topliss-reactive ketones (excluding diaryl/α,β-unsaturated/α-hetero) is 1. The maximum atomic E-state index is 13.0. The Hall–Kier alpha value is -3.87. The number of ether oxygens (including phenoxy) is 1. The van der Waals surface area contributed by atoms with Crippen molar-refractivity contribution in [1.29, 1.82) is 0 Å². The van der Waals surface area contributed by atoms with Crippen LogP contribution in [0.2, 0.25) is 0 Å². The first-order valence-corrected chi connectivity index (χ1v) is 10.0. The van der Waals surface area contributed by atoms with Gasteiger partial charge in [-0.25, -0.2) is 0 Å². The van der Waals surface area contributed by atoms with Crippen LogP contribution in [0.25, 0.3) is 5.76 Å². The van der Waals surface area contributed by atoms with Crippen LogP contribution in [0.3, 0.4) is 0 Å². The van der Waals surface area contributed by atoms with E-state index in [0.717, 1.165) is 16.9 Å². The molecule has 2 atom stereocenters. The molecule has 1 N–H and O–H groups in total. The fraction of sp³-hybridized carbons (Fsp3) is 0.208. The van der Waals surface area contributed by atoms with Crippen LogP contribution in [-0.4, -0.2) is 32.8 Å². The number of likely N-dealkylation sites (tertiary alicyclic amines) is 1. The Morgan fingerprint density at radius 2 is 2.00 bits per heavy atom. The molecule has 0 spiro atoms. The maximum absolute atomic E-state index is 13.0. The fourth-order valence-electron chi connectivity index (χ4n) is 4.20. The van der Waals surface area contributed by atoms with Crippen LogP contribution < -0.4 is 4.74 Å². The summed E-state index contributed by atoms with van der Waals surface area (Å²) in [6, 6.07) is 11.4. The number of pyridine rings is 1. The van der Waals surface area contributed by atoms with Gasteiger partial charge in [-0.15, -0.1) is 0 Å². The number of nitrogens with zero attached hydrogens (tertiary/aromatic N) is 2. The average molecular weight is 416 g/mol. The monoisotopic (exact) mass is 416 g/mol. The molecule has 1 fully saturated rings. The van der Waals surface area contributed by atoms with Crippen LogP contribution in [-0.2, 0) is 22.6 Å². The van der Waals surface area contributed by atoms with E-state index < -0.39 is 17.7 Å². The largest absolute Gasteiger partial charge is 0.507 e. The quantitative estimate of drug-likeness (QED) is 0.397. The van der Waals surface area contributed by atoms with E-state index in [9.17, 15) is 14.7 Å². The second kappa shape index (κ2) is 7.43. The van der Waals surface area contributed by atoms with E-state index in [-0.39, 0.29) is 24.0 Å². The van der Waals surface area contributed by atoms with Gasteiger partial charge in [0.1, 0.15) is 29.4 Å². The van der Waals surface area contributed by atoms with Crippen molar-refractivity contribution in [2.24, 2.45) is 0 Å². The predicted molar refractivity (Wildman–Crippen MR) is 111 cm³/mol. The number of amides is 1. The fourth-order valence-corrected chi connectivity index (χ4v) is 4.20. The molecule has 2 aliphatic rings. The number of hydrogen-bond donors (Lipinski definition) is 1. The third kappa shape index (κ3) is 3.28. The molecule has 2 aromatic heterocycles. The molecule has 2 unspecified atom stereocenters. The molecule has 0 radical (unpaired) electrons. The SMILES string of the molecule is CC1Cc2cc(/C(O)=C3/C(=O)C(=O)N(Cc4ccncc4)C3c3ccco3)ccc2O1. The lowest BCUT2D eigenvalue weighted by Crippen LogP contribution is -2.29. The molecule has 31 heavy (non-hydrogen) atoms. The molecule has 156 valence electrons. The van der Waals surface area contributed by atoms with Crippen molar-refractivity contribution < 1.29 is 23.8 Å². The van der Waals surface area contributed by atoms with E-state index in [1.165, 1.54) is 11.2 Å². The molecular weight excluding hydrogens is 396 g/mol. The van der Waals surface area contributed by atoms with Gasteiger partial charge in [0.15, 0.2) is 0 Å². The van der Waals surface area contributed by atoms with Gasteiger partial charge in [0.2, 0.25) is 0 Å². The van der Waals surface area contributed by atoms with Crippen LogP contribution in [0.4, 0.5) is 0 Å². The third-order valence-corrected chi connectivity index (χ3v) is 5.62. The van der Waals surface area contributed by atoms with Crippen molar-refractivity contribution in [3.05, 3.63) is 89.1 Å². The zero-order valence-corrected chi connectivity index (χ0v) is 16.8. The van der Waals surface area contributed by atoms with E-state index in [2.05, 4.69) is 4.98 Å². The molecule has 7 nitrogen and oxygen atoms in total. The average Bonchev–Trinajstić information content (AvgIpc) is 3.48. The maximum Gasteiger partial charge on any atom is 0.296 e. The Bertz CT molecular complexity index is 1180. The molecular formula is C24H20N2O5. The Labute approximate surface area is 178 Å². The number of aromatic nitrogens is 1. The number of carbonyl (C=O) groups excluding carboxylic acids is 2. The van der Waals surface area contributed by atoms with Gasteiger partial charge < -0.3 is 19.2 Å². The topological polar surface area (TPSA) is 92.9 Å². The molecule has 0 aliphatic carbocycles. The van der Waals surface area contributed by atoms with Gasteiger partial charge >= 0.3 is 0 Å². The highest BCUT2D eigenvalue weighted by molar-refractivity contribution is 6.46. The van der Waals surface area contributed by atoms with Crippen molar-refractivity contribution in [2.75, 3.05) is 0 Å². The minimum Gasteiger partial charge on any atom is -0.507 e. The van der Waals surface area contributed by atoms with Crippen LogP contribution in [0, 0.1) is 0 Å². The first-order valence-electron chi connectivity index (χ1n) is 10.0. The predicted octanol–water partition coefficient (Wildman–Crippen LogP) is 3.62. The summed E-state index contributed by atoms with van der Waals surface area (Å²) in [5, 5.41) is 11.1. The van der Waals surface area contributed by atoms with E-state index in [1.807, 2.05) is 13.0 Å². The summed E-state index contributed by atoms with van der Waals surface area (Å²) >= 11 is 0. The number of ketones is 1. The van der Waals surface area contributed by atoms with Gasteiger partial charge in [-0.3, -0.25) is 14.6 Å². The number of aliphatic hydroxyl groups is 1. The molecule has 1 aromatic carbocycles. The molecule has 1 amide bonds. The number of furan rings is 1. The van der Waals surface area contributed by atoms with E-state index in [1.54, 1.807) is 48.8 Å². The summed E-state index contributed by atoms with van der Waals surface area (Å²) in [7, 11) is 0. The molecule has 2 aliphatic heterocycles. The number of rotatable bonds is 4. The number of hydrogen-bond acceptors (Lipinski definition) is 6.